The topological polar surface area (TPSA) is 27.7 Å². The molecule has 17 heavy (non-hydrogen) atoms. The summed E-state index contributed by atoms with van der Waals surface area (Å²) in [5.41, 5.74) is 0.0370. The zero-order chi connectivity index (χ0) is 13.2. The molecule has 0 amide bonds. The molecular formula is C14H28O3. The van der Waals surface area contributed by atoms with Crippen LogP contribution >= 0.6 is 0 Å². The van der Waals surface area contributed by atoms with Gasteiger partial charge in [-0.05, 0) is 34.6 Å². The average Bonchev–Trinajstić information content (AvgIpc) is 2.38. The first-order chi connectivity index (χ1) is 7.75. The highest BCUT2D eigenvalue weighted by molar-refractivity contribution is 4.96. The summed E-state index contributed by atoms with van der Waals surface area (Å²) >= 11 is 0. The van der Waals surface area contributed by atoms with E-state index < -0.39 is 0 Å². The van der Waals surface area contributed by atoms with Crippen molar-refractivity contribution in [2.45, 2.75) is 79.0 Å². The molecular weight excluding hydrogens is 216 g/mol. The molecule has 0 aliphatic carbocycles. The van der Waals surface area contributed by atoms with Crippen LogP contribution in [0, 0.1) is 5.41 Å². The van der Waals surface area contributed by atoms with Gasteiger partial charge >= 0.3 is 0 Å². The molecule has 0 aromatic heterocycles. The minimum absolute atomic E-state index is 0.0370. The van der Waals surface area contributed by atoms with Crippen molar-refractivity contribution in [2.24, 2.45) is 5.41 Å². The molecule has 3 heteroatoms. The van der Waals surface area contributed by atoms with Gasteiger partial charge in [-0.2, -0.15) is 0 Å². The van der Waals surface area contributed by atoms with E-state index in [2.05, 4.69) is 34.6 Å². The highest BCUT2D eigenvalue weighted by Crippen LogP contribution is 2.40. The molecule has 0 aromatic rings. The molecule has 0 saturated carbocycles. The first kappa shape index (κ1) is 14.9. The van der Waals surface area contributed by atoms with E-state index in [0.717, 1.165) is 0 Å². The molecule has 3 atom stereocenters. The Morgan fingerprint density at radius 2 is 1.71 bits per heavy atom. The summed E-state index contributed by atoms with van der Waals surface area (Å²) in [5.74, 6) is 0. The van der Waals surface area contributed by atoms with E-state index in [0.29, 0.717) is 6.61 Å². The van der Waals surface area contributed by atoms with Crippen molar-refractivity contribution in [1.82, 2.24) is 0 Å². The molecule has 1 aliphatic rings. The van der Waals surface area contributed by atoms with Gasteiger partial charge < -0.3 is 14.2 Å². The largest absolute Gasteiger partial charge is 0.376 e. The summed E-state index contributed by atoms with van der Waals surface area (Å²) in [7, 11) is 0. The maximum Gasteiger partial charge on any atom is 0.108 e. The highest BCUT2D eigenvalue weighted by atomic mass is 16.6. The van der Waals surface area contributed by atoms with E-state index in [1.807, 2.05) is 13.8 Å². The molecule has 0 radical (unpaired) electrons. The summed E-state index contributed by atoms with van der Waals surface area (Å²) in [6.07, 6.45) is 0.806. The van der Waals surface area contributed by atoms with Crippen molar-refractivity contribution in [2.75, 3.05) is 6.61 Å². The van der Waals surface area contributed by atoms with Gasteiger partial charge in [-0.1, -0.05) is 13.8 Å². The van der Waals surface area contributed by atoms with E-state index in [-0.39, 0.29) is 35.9 Å². The van der Waals surface area contributed by atoms with Gasteiger partial charge in [0, 0.05) is 5.41 Å². The van der Waals surface area contributed by atoms with Crippen molar-refractivity contribution >= 4 is 0 Å². The molecule has 1 aliphatic heterocycles. The van der Waals surface area contributed by atoms with Crippen molar-refractivity contribution in [3.8, 4) is 0 Å². The summed E-state index contributed by atoms with van der Waals surface area (Å²) in [6.45, 7) is 15.4. The van der Waals surface area contributed by atoms with Gasteiger partial charge in [0.15, 0.2) is 0 Å². The molecule has 0 bridgehead atoms. The first-order valence-corrected chi connectivity index (χ1v) is 6.67. The Labute approximate surface area is 106 Å². The summed E-state index contributed by atoms with van der Waals surface area (Å²) < 4.78 is 17.7. The van der Waals surface area contributed by atoms with Gasteiger partial charge in [0.1, 0.15) is 6.10 Å². The quantitative estimate of drug-likeness (QED) is 0.744. The van der Waals surface area contributed by atoms with Crippen LogP contribution in [0.25, 0.3) is 0 Å². The minimum Gasteiger partial charge on any atom is -0.376 e. The minimum atomic E-state index is 0.0370. The molecule has 3 nitrogen and oxygen atoms in total. The van der Waals surface area contributed by atoms with Crippen LogP contribution in [-0.2, 0) is 14.2 Å². The Bertz CT molecular complexity index is 236. The molecule has 1 rings (SSSR count). The van der Waals surface area contributed by atoms with Crippen molar-refractivity contribution in [3.63, 3.8) is 0 Å². The number of rotatable bonds is 5. The lowest BCUT2D eigenvalue weighted by molar-refractivity contribution is -0.0934. The van der Waals surface area contributed by atoms with Gasteiger partial charge in [0.05, 0.1) is 31.0 Å². The molecule has 1 saturated heterocycles. The molecule has 0 aromatic carbocycles. The van der Waals surface area contributed by atoms with Gasteiger partial charge in [-0.3, -0.25) is 0 Å². The molecule has 0 spiro atoms. The SMILES string of the molecule is CC(C)OC[C@@H]1O[C@@H](C)C(C)(C)[C@@H]1OC(C)C. The van der Waals surface area contributed by atoms with Crippen molar-refractivity contribution in [1.29, 1.82) is 0 Å². The maximum atomic E-state index is 6.04. The molecule has 0 N–H and O–H groups in total. The van der Waals surface area contributed by atoms with Crippen LogP contribution in [0.4, 0.5) is 0 Å². The fourth-order valence-corrected chi connectivity index (χ4v) is 2.19. The van der Waals surface area contributed by atoms with Gasteiger partial charge in [0.2, 0.25) is 0 Å². The zero-order valence-corrected chi connectivity index (χ0v) is 12.3. The van der Waals surface area contributed by atoms with Gasteiger partial charge in [-0.25, -0.2) is 0 Å². The summed E-state index contributed by atoms with van der Waals surface area (Å²) in [4.78, 5) is 0. The van der Waals surface area contributed by atoms with E-state index >= 15 is 0 Å². The number of hydrogen-bond acceptors (Lipinski definition) is 3. The van der Waals surface area contributed by atoms with Crippen LogP contribution < -0.4 is 0 Å². The van der Waals surface area contributed by atoms with Crippen LogP contribution in [0.3, 0.4) is 0 Å². The number of ether oxygens (including phenoxy) is 3. The van der Waals surface area contributed by atoms with E-state index in [1.165, 1.54) is 0 Å². The predicted octanol–water partition coefficient (Wildman–Crippen LogP) is 3.02. The highest BCUT2D eigenvalue weighted by Gasteiger charge is 2.49. The van der Waals surface area contributed by atoms with Crippen LogP contribution in [0.2, 0.25) is 0 Å². The van der Waals surface area contributed by atoms with Crippen LogP contribution in [-0.4, -0.2) is 37.1 Å². The molecule has 102 valence electrons. The van der Waals surface area contributed by atoms with E-state index in [4.69, 9.17) is 14.2 Å². The van der Waals surface area contributed by atoms with E-state index in [9.17, 15) is 0 Å². The van der Waals surface area contributed by atoms with Crippen LogP contribution in [0.1, 0.15) is 48.5 Å². The Morgan fingerprint density at radius 3 is 2.18 bits per heavy atom. The Morgan fingerprint density at radius 1 is 1.12 bits per heavy atom. The van der Waals surface area contributed by atoms with Gasteiger partial charge in [-0.15, -0.1) is 0 Å². The second kappa shape index (κ2) is 5.68. The zero-order valence-electron chi connectivity index (χ0n) is 12.3. The smallest absolute Gasteiger partial charge is 0.108 e. The normalized spacial score (nSPS) is 32.6. The predicted molar refractivity (Wildman–Crippen MR) is 69.2 cm³/mol. The van der Waals surface area contributed by atoms with Crippen molar-refractivity contribution < 1.29 is 14.2 Å². The second-order valence-electron chi connectivity index (χ2n) is 6.13. The van der Waals surface area contributed by atoms with Crippen LogP contribution in [0.15, 0.2) is 0 Å². The van der Waals surface area contributed by atoms with Gasteiger partial charge in [0.25, 0.3) is 0 Å². The average molecular weight is 244 g/mol. The first-order valence-electron chi connectivity index (χ1n) is 6.67. The maximum absolute atomic E-state index is 6.04. The second-order valence-corrected chi connectivity index (χ2v) is 6.13. The lowest BCUT2D eigenvalue weighted by Crippen LogP contribution is -2.40. The monoisotopic (exact) mass is 244 g/mol. The fourth-order valence-electron chi connectivity index (χ4n) is 2.19. The third-order valence-corrected chi connectivity index (χ3v) is 3.51. The standard InChI is InChI=1S/C14H28O3/c1-9(2)15-8-12-13(16-10(3)4)14(6,7)11(5)17-12/h9-13H,8H2,1-7H3/t11-,12-,13+/m0/s1. The summed E-state index contributed by atoms with van der Waals surface area (Å²) in [6, 6.07) is 0. The van der Waals surface area contributed by atoms with Crippen molar-refractivity contribution in [3.05, 3.63) is 0 Å². The van der Waals surface area contributed by atoms with E-state index in [1.54, 1.807) is 0 Å². The third kappa shape index (κ3) is 3.67. The molecule has 1 fully saturated rings. The Balaban J connectivity index is 2.68. The fraction of sp³-hybridized carbons (Fsp3) is 1.00. The summed E-state index contributed by atoms with van der Waals surface area (Å²) in [5, 5.41) is 0. The number of hydrogen-bond donors (Lipinski definition) is 0. The Kier molecular flexibility index (Phi) is 4.99. The molecule has 0 unspecified atom stereocenters. The Hall–Kier alpha value is -0.120. The molecule has 1 heterocycles. The van der Waals surface area contributed by atoms with Crippen LogP contribution in [0.5, 0.6) is 0 Å². The lowest BCUT2D eigenvalue weighted by Gasteiger charge is -2.31. The third-order valence-electron chi connectivity index (χ3n) is 3.51. The lowest BCUT2D eigenvalue weighted by atomic mass is 9.82.